The van der Waals surface area contributed by atoms with E-state index in [1.807, 2.05) is 25.3 Å². The third kappa shape index (κ3) is 3.37. The zero-order valence-electron chi connectivity index (χ0n) is 12.6. The minimum absolute atomic E-state index is 0.163. The van der Waals surface area contributed by atoms with E-state index in [1.54, 1.807) is 12.1 Å². The molecule has 0 saturated heterocycles. The number of hydrogen-bond donors (Lipinski definition) is 1. The van der Waals surface area contributed by atoms with Crippen LogP contribution in [0.2, 0.25) is 0 Å². The number of benzene rings is 1. The summed E-state index contributed by atoms with van der Waals surface area (Å²) in [5, 5.41) is 5.52. The summed E-state index contributed by atoms with van der Waals surface area (Å²) in [5.74, 6) is -0.344. The van der Waals surface area contributed by atoms with E-state index >= 15 is 0 Å². The Kier molecular flexibility index (Phi) is 4.08. The molecule has 0 spiro atoms. The number of carbonyl (C=O) groups is 1. The Morgan fingerprint density at radius 2 is 2.17 bits per heavy atom. The molecule has 6 heteroatoms. The highest BCUT2D eigenvalue weighted by molar-refractivity contribution is 7.13. The molecule has 0 aliphatic heterocycles. The molecule has 1 N–H and O–H groups in total. The van der Waals surface area contributed by atoms with Crippen molar-refractivity contribution in [2.24, 2.45) is 0 Å². The lowest BCUT2D eigenvalue weighted by Gasteiger charge is -2.00. The largest absolute Gasteiger partial charge is 0.463 e. The second-order valence-corrected chi connectivity index (χ2v) is 5.99. The van der Waals surface area contributed by atoms with Gasteiger partial charge in [-0.05, 0) is 32.1 Å². The predicted molar refractivity (Wildman–Crippen MR) is 91.7 cm³/mol. The standard InChI is InChI=1S/C17H14N2O3S/c1-10-3-5-14-13(7-10)16(21)12(8-22-14)4-6-15(20)19-17-18-11(2)9-23-17/h3-9H,1-2H3,(H,18,19,20)/b6-4+. The Morgan fingerprint density at radius 1 is 1.35 bits per heavy atom. The number of rotatable bonds is 3. The van der Waals surface area contributed by atoms with Crippen LogP contribution in [0.5, 0.6) is 0 Å². The quantitative estimate of drug-likeness (QED) is 0.748. The molecule has 3 rings (SSSR count). The van der Waals surface area contributed by atoms with Gasteiger partial charge in [-0.2, -0.15) is 0 Å². The Labute approximate surface area is 136 Å². The van der Waals surface area contributed by atoms with E-state index in [2.05, 4.69) is 10.3 Å². The lowest BCUT2D eigenvalue weighted by atomic mass is 10.1. The van der Waals surface area contributed by atoms with Crippen LogP contribution < -0.4 is 10.7 Å². The third-order valence-corrected chi connectivity index (χ3v) is 4.09. The summed E-state index contributed by atoms with van der Waals surface area (Å²) >= 11 is 1.35. The van der Waals surface area contributed by atoms with Gasteiger partial charge in [-0.3, -0.25) is 14.9 Å². The van der Waals surface area contributed by atoms with E-state index in [-0.39, 0.29) is 11.3 Å². The first-order chi connectivity index (χ1) is 11.0. The molecular formula is C17H14N2O3S. The average Bonchev–Trinajstić information content (AvgIpc) is 2.92. The van der Waals surface area contributed by atoms with Gasteiger partial charge in [0, 0.05) is 11.5 Å². The van der Waals surface area contributed by atoms with Gasteiger partial charge in [-0.25, -0.2) is 4.98 Å². The van der Waals surface area contributed by atoms with Crippen LogP contribution in [0.4, 0.5) is 5.13 Å². The van der Waals surface area contributed by atoms with Crippen LogP contribution >= 0.6 is 11.3 Å². The third-order valence-electron chi connectivity index (χ3n) is 3.22. The lowest BCUT2D eigenvalue weighted by Crippen LogP contribution is -2.09. The fourth-order valence-electron chi connectivity index (χ4n) is 2.10. The highest BCUT2D eigenvalue weighted by Gasteiger charge is 2.06. The van der Waals surface area contributed by atoms with Crippen molar-refractivity contribution < 1.29 is 9.21 Å². The second-order valence-electron chi connectivity index (χ2n) is 5.14. The van der Waals surface area contributed by atoms with E-state index in [0.29, 0.717) is 21.7 Å². The summed E-state index contributed by atoms with van der Waals surface area (Å²) in [6.45, 7) is 3.76. The number of nitrogens with zero attached hydrogens (tertiary/aromatic N) is 1. The summed E-state index contributed by atoms with van der Waals surface area (Å²) < 4.78 is 5.44. The molecular weight excluding hydrogens is 312 g/mol. The van der Waals surface area contributed by atoms with Gasteiger partial charge in [-0.1, -0.05) is 11.6 Å². The number of hydrogen-bond acceptors (Lipinski definition) is 5. The van der Waals surface area contributed by atoms with Gasteiger partial charge in [0.1, 0.15) is 11.8 Å². The van der Waals surface area contributed by atoms with Crippen molar-refractivity contribution in [1.82, 2.24) is 4.98 Å². The first-order valence-electron chi connectivity index (χ1n) is 6.96. The van der Waals surface area contributed by atoms with Gasteiger partial charge >= 0.3 is 0 Å². The van der Waals surface area contributed by atoms with Crippen molar-refractivity contribution >= 4 is 39.4 Å². The van der Waals surface area contributed by atoms with E-state index in [1.165, 1.54) is 29.8 Å². The van der Waals surface area contributed by atoms with Crippen LogP contribution in [0.3, 0.4) is 0 Å². The molecule has 0 saturated carbocycles. The first kappa shape index (κ1) is 15.2. The molecule has 2 heterocycles. The van der Waals surface area contributed by atoms with Crippen LogP contribution in [-0.4, -0.2) is 10.9 Å². The van der Waals surface area contributed by atoms with Gasteiger partial charge in [0.15, 0.2) is 10.6 Å². The van der Waals surface area contributed by atoms with E-state index in [9.17, 15) is 9.59 Å². The highest BCUT2D eigenvalue weighted by atomic mass is 32.1. The van der Waals surface area contributed by atoms with Crippen LogP contribution in [0.25, 0.3) is 17.0 Å². The molecule has 0 aliphatic rings. The molecule has 0 unspecified atom stereocenters. The van der Waals surface area contributed by atoms with Crippen molar-refractivity contribution in [3.05, 3.63) is 63.0 Å². The number of anilines is 1. The minimum atomic E-state index is -0.344. The summed E-state index contributed by atoms with van der Waals surface area (Å²) in [5.41, 5.74) is 2.51. The summed E-state index contributed by atoms with van der Waals surface area (Å²) in [7, 11) is 0. The monoisotopic (exact) mass is 326 g/mol. The molecule has 0 atom stereocenters. The number of thiazole rings is 1. The molecule has 116 valence electrons. The van der Waals surface area contributed by atoms with E-state index in [0.717, 1.165) is 11.3 Å². The second kappa shape index (κ2) is 6.18. The van der Waals surface area contributed by atoms with Crippen LogP contribution in [0.15, 0.2) is 45.1 Å². The summed E-state index contributed by atoms with van der Waals surface area (Å²) in [6, 6.07) is 5.41. The highest BCUT2D eigenvalue weighted by Crippen LogP contribution is 2.15. The maximum atomic E-state index is 12.4. The SMILES string of the molecule is Cc1ccc2occ(/C=C/C(=O)Nc3nc(C)cs3)c(=O)c2c1. The fourth-order valence-corrected chi connectivity index (χ4v) is 2.79. The van der Waals surface area contributed by atoms with E-state index in [4.69, 9.17) is 4.42 Å². The van der Waals surface area contributed by atoms with Gasteiger partial charge in [-0.15, -0.1) is 11.3 Å². The number of fused-ring (bicyclic) bond motifs is 1. The number of carbonyl (C=O) groups excluding carboxylic acids is 1. The summed E-state index contributed by atoms with van der Waals surface area (Å²) in [6.07, 6.45) is 4.10. The molecule has 1 amide bonds. The van der Waals surface area contributed by atoms with Crippen molar-refractivity contribution in [2.45, 2.75) is 13.8 Å². The average molecular weight is 326 g/mol. The topological polar surface area (TPSA) is 72.2 Å². The Morgan fingerprint density at radius 3 is 2.91 bits per heavy atom. The molecule has 0 radical (unpaired) electrons. The Hall–Kier alpha value is -2.73. The van der Waals surface area contributed by atoms with E-state index < -0.39 is 0 Å². The van der Waals surface area contributed by atoms with Crippen LogP contribution in [-0.2, 0) is 4.79 Å². The fraction of sp³-hybridized carbons (Fsp3) is 0.118. The lowest BCUT2D eigenvalue weighted by molar-refractivity contribution is -0.111. The van der Waals surface area contributed by atoms with Crippen molar-refractivity contribution in [3.63, 3.8) is 0 Å². The van der Waals surface area contributed by atoms with Crippen molar-refractivity contribution in [1.29, 1.82) is 0 Å². The number of aryl methyl sites for hydroxylation is 2. The summed E-state index contributed by atoms with van der Waals surface area (Å²) in [4.78, 5) is 28.4. The van der Waals surface area contributed by atoms with Gasteiger partial charge in [0.2, 0.25) is 5.91 Å². The van der Waals surface area contributed by atoms with Crippen molar-refractivity contribution in [3.8, 4) is 0 Å². The number of amides is 1. The smallest absolute Gasteiger partial charge is 0.250 e. The predicted octanol–water partition coefficient (Wildman–Crippen LogP) is 3.52. The zero-order chi connectivity index (χ0) is 16.4. The molecule has 0 bridgehead atoms. The molecule has 23 heavy (non-hydrogen) atoms. The molecule has 0 fully saturated rings. The molecule has 1 aromatic carbocycles. The minimum Gasteiger partial charge on any atom is -0.463 e. The first-order valence-corrected chi connectivity index (χ1v) is 7.84. The Bertz CT molecular complexity index is 969. The van der Waals surface area contributed by atoms with Gasteiger partial charge in [0.25, 0.3) is 0 Å². The maximum absolute atomic E-state index is 12.4. The van der Waals surface area contributed by atoms with Gasteiger partial charge < -0.3 is 4.42 Å². The van der Waals surface area contributed by atoms with Crippen LogP contribution in [0, 0.1) is 13.8 Å². The number of nitrogens with one attached hydrogen (secondary N) is 1. The van der Waals surface area contributed by atoms with Crippen LogP contribution in [0.1, 0.15) is 16.8 Å². The molecule has 2 aromatic heterocycles. The Balaban J connectivity index is 1.84. The molecule has 3 aromatic rings. The normalized spacial score (nSPS) is 11.2. The molecule has 0 aliphatic carbocycles. The maximum Gasteiger partial charge on any atom is 0.250 e. The zero-order valence-corrected chi connectivity index (χ0v) is 13.4. The van der Waals surface area contributed by atoms with Crippen molar-refractivity contribution in [2.75, 3.05) is 5.32 Å². The number of aromatic nitrogens is 1. The molecule has 5 nitrogen and oxygen atoms in total. The van der Waals surface area contributed by atoms with Gasteiger partial charge in [0.05, 0.1) is 16.6 Å².